The highest BCUT2D eigenvalue weighted by atomic mass is 35.5. The Morgan fingerprint density at radius 3 is 2.56 bits per heavy atom. The molecular weight excluding hydrogens is 516 g/mol. The van der Waals surface area contributed by atoms with Crippen LogP contribution in [0.25, 0.3) is 10.9 Å². The van der Waals surface area contributed by atoms with Crippen molar-refractivity contribution in [3.8, 4) is 11.8 Å². The number of rotatable bonds is 5. The minimum atomic E-state index is -1.03. The van der Waals surface area contributed by atoms with E-state index in [0.717, 1.165) is 43.5 Å². The van der Waals surface area contributed by atoms with Gasteiger partial charge in [-0.15, -0.1) is 0 Å². The largest absolute Gasteiger partial charge is 0.379 e. The van der Waals surface area contributed by atoms with Crippen LogP contribution in [0.5, 0.6) is 0 Å². The molecule has 1 aliphatic carbocycles. The van der Waals surface area contributed by atoms with E-state index in [-0.39, 0.29) is 12.2 Å². The van der Waals surface area contributed by atoms with Crippen LogP contribution < -0.4 is 10.7 Å². The van der Waals surface area contributed by atoms with Crippen molar-refractivity contribution in [3.63, 3.8) is 0 Å². The second-order valence-electron chi connectivity index (χ2n) is 10.4. The van der Waals surface area contributed by atoms with E-state index in [1.807, 2.05) is 24.3 Å². The van der Waals surface area contributed by atoms with Crippen LogP contribution in [0, 0.1) is 11.8 Å². The maximum Gasteiger partial charge on any atom is 0.276 e. The summed E-state index contributed by atoms with van der Waals surface area (Å²) in [6.07, 6.45) is 4.26. The molecule has 8 nitrogen and oxygen atoms in total. The predicted molar refractivity (Wildman–Crippen MR) is 151 cm³/mol. The maximum atomic E-state index is 13.7. The SMILES string of the molecule is Cn1nc(C(=O)NCc2ccc(Cl)cc2)c(=O)c2cc(CN3CCOCC3)cc(C#CC3(O)CCCCC3)c21. The fraction of sp³-hybridized carbons (Fsp3) is 0.433. The van der Waals surface area contributed by atoms with Crippen molar-refractivity contribution in [2.45, 2.75) is 50.8 Å². The Bertz CT molecular complexity index is 1480. The maximum absolute atomic E-state index is 13.7. The number of morpholine rings is 1. The van der Waals surface area contributed by atoms with Crippen molar-refractivity contribution in [1.29, 1.82) is 0 Å². The summed E-state index contributed by atoms with van der Waals surface area (Å²) in [5.41, 5.74) is 1.30. The number of carbonyl (C=O) groups is 1. The third-order valence-corrected chi connectivity index (χ3v) is 7.66. The van der Waals surface area contributed by atoms with Crippen LogP contribution in [0.2, 0.25) is 5.02 Å². The number of nitrogens with one attached hydrogen (secondary N) is 1. The average molecular weight is 549 g/mol. The van der Waals surface area contributed by atoms with Gasteiger partial charge in [0.1, 0.15) is 5.60 Å². The van der Waals surface area contributed by atoms with Gasteiger partial charge in [-0.25, -0.2) is 0 Å². The number of amides is 1. The number of fused-ring (bicyclic) bond motifs is 1. The quantitative estimate of drug-likeness (QED) is 0.474. The van der Waals surface area contributed by atoms with E-state index in [1.165, 1.54) is 0 Å². The van der Waals surface area contributed by atoms with Crippen LogP contribution in [-0.2, 0) is 24.9 Å². The smallest absolute Gasteiger partial charge is 0.276 e. The highest BCUT2D eigenvalue weighted by Gasteiger charge is 2.27. The number of nitrogens with zero attached hydrogens (tertiary/aromatic N) is 3. The van der Waals surface area contributed by atoms with E-state index >= 15 is 0 Å². The first-order valence-corrected chi connectivity index (χ1v) is 13.8. The van der Waals surface area contributed by atoms with Gasteiger partial charge in [-0.2, -0.15) is 5.10 Å². The van der Waals surface area contributed by atoms with Crippen LogP contribution in [0.3, 0.4) is 0 Å². The number of aromatic nitrogens is 2. The molecule has 3 aromatic rings. The lowest BCUT2D eigenvalue weighted by atomic mass is 9.85. The summed E-state index contributed by atoms with van der Waals surface area (Å²) in [4.78, 5) is 29.0. The lowest BCUT2D eigenvalue weighted by molar-refractivity contribution is 0.0342. The molecule has 204 valence electrons. The fourth-order valence-electron chi connectivity index (χ4n) is 5.26. The van der Waals surface area contributed by atoms with Crippen LogP contribution in [0.15, 0.2) is 41.2 Å². The summed E-state index contributed by atoms with van der Waals surface area (Å²) in [5.74, 6) is 5.75. The molecule has 2 aromatic carbocycles. The molecule has 1 saturated heterocycles. The number of aryl methyl sites for hydroxylation is 1. The summed E-state index contributed by atoms with van der Waals surface area (Å²) < 4.78 is 7.02. The zero-order valence-corrected chi connectivity index (χ0v) is 22.9. The molecule has 0 bridgehead atoms. The molecule has 1 saturated carbocycles. The first-order valence-electron chi connectivity index (χ1n) is 13.4. The summed E-state index contributed by atoms with van der Waals surface area (Å²) in [6, 6.07) is 10.9. The fourth-order valence-corrected chi connectivity index (χ4v) is 5.38. The molecule has 5 rings (SSSR count). The van der Waals surface area contributed by atoms with E-state index in [0.29, 0.717) is 54.1 Å². The molecule has 39 heavy (non-hydrogen) atoms. The topological polar surface area (TPSA) is 96.7 Å². The molecular formula is C30H33ClN4O4. The van der Waals surface area contributed by atoms with E-state index < -0.39 is 16.9 Å². The van der Waals surface area contributed by atoms with Crippen LogP contribution >= 0.6 is 11.6 Å². The molecule has 0 radical (unpaired) electrons. The molecule has 2 aliphatic rings. The van der Waals surface area contributed by atoms with Crippen LogP contribution in [-0.4, -0.2) is 57.6 Å². The molecule has 9 heteroatoms. The Labute approximate surface area is 232 Å². The van der Waals surface area contributed by atoms with E-state index in [4.69, 9.17) is 16.3 Å². The molecule has 0 atom stereocenters. The molecule has 2 heterocycles. The Balaban J connectivity index is 1.53. The molecule has 0 spiro atoms. The van der Waals surface area contributed by atoms with E-state index in [9.17, 15) is 14.7 Å². The number of benzene rings is 2. The lowest BCUT2D eigenvalue weighted by Crippen LogP contribution is -2.35. The van der Waals surface area contributed by atoms with Gasteiger partial charge in [-0.05, 0) is 61.1 Å². The Morgan fingerprint density at radius 2 is 1.85 bits per heavy atom. The summed E-state index contributed by atoms with van der Waals surface area (Å²) in [6.45, 7) is 3.79. The standard InChI is InChI=1S/C30H33ClN4O4/c1-34-27-23(9-12-30(38)10-3-2-4-11-30)17-22(20-35-13-15-39-16-14-35)18-25(27)28(36)26(33-34)29(37)32-19-21-5-7-24(31)8-6-21/h5-8,17-18,38H,2-4,10-11,13-16,19-20H2,1H3,(H,32,37). The summed E-state index contributed by atoms with van der Waals surface area (Å²) in [5, 5.41) is 19.2. The minimum absolute atomic E-state index is 0.174. The van der Waals surface area contributed by atoms with Crippen molar-refractivity contribution >= 4 is 28.4 Å². The Kier molecular flexibility index (Phi) is 8.34. The van der Waals surface area contributed by atoms with Crippen molar-refractivity contribution < 1.29 is 14.6 Å². The zero-order chi connectivity index (χ0) is 27.4. The van der Waals surface area contributed by atoms with Crippen molar-refractivity contribution in [1.82, 2.24) is 20.0 Å². The van der Waals surface area contributed by atoms with Gasteiger partial charge in [0.15, 0.2) is 5.69 Å². The number of aliphatic hydroxyl groups is 1. The predicted octanol–water partition coefficient (Wildman–Crippen LogP) is 3.40. The third-order valence-electron chi connectivity index (χ3n) is 7.40. The monoisotopic (exact) mass is 548 g/mol. The van der Waals surface area contributed by atoms with Gasteiger partial charge < -0.3 is 15.2 Å². The first-order chi connectivity index (χ1) is 18.8. The lowest BCUT2D eigenvalue weighted by Gasteiger charge is -2.27. The molecule has 0 unspecified atom stereocenters. The van der Waals surface area contributed by atoms with Gasteiger partial charge in [-0.3, -0.25) is 19.2 Å². The van der Waals surface area contributed by atoms with Crippen LogP contribution in [0.1, 0.15) is 59.3 Å². The highest BCUT2D eigenvalue weighted by Crippen LogP contribution is 2.28. The number of halogens is 1. The number of hydrogen-bond donors (Lipinski definition) is 2. The van der Waals surface area contributed by atoms with Crippen molar-refractivity contribution in [2.75, 3.05) is 26.3 Å². The third kappa shape index (κ3) is 6.51. The van der Waals surface area contributed by atoms with Gasteiger partial charge in [0.2, 0.25) is 5.43 Å². The van der Waals surface area contributed by atoms with Crippen LogP contribution in [0.4, 0.5) is 0 Å². The van der Waals surface area contributed by atoms with E-state index in [2.05, 4.69) is 27.2 Å². The molecule has 2 N–H and O–H groups in total. The first kappa shape index (κ1) is 27.4. The highest BCUT2D eigenvalue weighted by molar-refractivity contribution is 6.30. The number of hydrogen-bond acceptors (Lipinski definition) is 6. The molecule has 1 amide bonds. The van der Waals surface area contributed by atoms with Gasteiger partial charge in [0.25, 0.3) is 5.91 Å². The number of ether oxygens (including phenoxy) is 1. The Morgan fingerprint density at radius 1 is 1.13 bits per heavy atom. The van der Waals surface area contributed by atoms with E-state index in [1.54, 1.807) is 23.9 Å². The Hall–Kier alpha value is -3.22. The van der Waals surface area contributed by atoms with Gasteiger partial charge in [-0.1, -0.05) is 42.0 Å². The van der Waals surface area contributed by atoms with Gasteiger partial charge in [0, 0.05) is 38.2 Å². The van der Waals surface area contributed by atoms with Crippen molar-refractivity contribution in [2.24, 2.45) is 7.05 Å². The zero-order valence-electron chi connectivity index (χ0n) is 22.1. The second kappa shape index (κ2) is 11.9. The minimum Gasteiger partial charge on any atom is -0.379 e. The molecule has 1 aromatic heterocycles. The molecule has 1 aliphatic heterocycles. The van der Waals surface area contributed by atoms with Crippen molar-refractivity contribution in [3.05, 3.63) is 74.0 Å². The average Bonchev–Trinajstić information content (AvgIpc) is 2.94. The normalized spacial score (nSPS) is 17.4. The molecule has 2 fully saturated rings. The summed E-state index contributed by atoms with van der Waals surface area (Å²) >= 11 is 5.95. The second-order valence-corrected chi connectivity index (χ2v) is 10.8. The number of carbonyl (C=O) groups excluding carboxylic acids is 1. The van der Waals surface area contributed by atoms with Gasteiger partial charge in [0.05, 0.1) is 29.7 Å². The van der Waals surface area contributed by atoms with Gasteiger partial charge >= 0.3 is 0 Å². The summed E-state index contributed by atoms with van der Waals surface area (Å²) in [7, 11) is 1.71.